The van der Waals surface area contributed by atoms with Crippen molar-refractivity contribution in [2.75, 3.05) is 6.54 Å². The first-order chi connectivity index (χ1) is 9.43. The number of benzene rings is 1. The lowest BCUT2D eigenvalue weighted by Gasteiger charge is -2.17. The zero-order valence-corrected chi connectivity index (χ0v) is 12.3. The predicted molar refractivity (Wildman–Crippen MR) is 75.4 cm³/mol. The van der Waals surface area contributed by atoms with Crippen molar-refractivity contribution in [2.45, 2.75) is 38.9 Å². The average Bonchev–Trinajstić information content (AvgIpc) is 2.39. The third kappa shape index (κ3) is 5.35. The number of carbonyl (C=O) groups is 1. The molecule has 2 atom stereocenters. The molecule has 2 N–H and O–H groups in total. The largest absolute Gasteiger partial charge is 0.479 e. The van der Waals surface area contributed by atoms with Gasteiger partial charge in [0.15, 0.2) is 6.10 Å². The van der Waals surface area contributed by atoms with Gasteiger partial charge in [-0.1, -0.05) is 24.9 Å². The number of hydrogen-bond acceptors (Lipinski definition) is 3. The molecule has 1 aromatic rings. The van der Waals surface area contributed by atoms with E-state index in [0.29, 0.717) is 6.42 Å². The fraction of sp³-hybridized carbons (Fsp3) is 0.500. The number of aliphatic hydroxyl groups is 1. The highest BCUT2D eigenvalue weighted by Crippen LogP contribution is 2.25. The van der Waals surface area contributed by atoms with Crippen LogP contribution in [0.2, 0.25) is 5.02 Å². The first-order valence-corrected chi connectivity index (χ1v) is 6.89. The lowest BCUT2D eigenvalue weighted by Crippen LogP contribution is -2.40. The van der Waals surface area contributed by atoms with Crippen LogP contribution in [0.3, 0.4) is 0 Å². The van der Waals surface area contributed by atoms with Gasteiger partial charge < -0.3 is 15.2 Å². The molecule has 0 radical (unpaired) electrons. The van der Waals surface area contributed by atoms with Crippen molar-refractivity contribution < 1.29 is 19.0 Å². The van der Waals surface area contributed by atoms with E-state index in [-0.39, 0.29) is 23.2 Å². The SMILES string of the molecule is CCCC(O)CNC(=O)C(C)Oc1ccc(F)cc1Cl. The van der Waals surface area contributed by atoms with E-state index in [0.717, 1.165) is 12.5 Å². The number of carbonyl (C=O) groups excluding carboxylic acids is 1. The monoisotopic (exact) mass is 303 g/mol. The van der Waals surface area contributed by atoms with Gasteiger partial charge in [0.1, 0.15) is 11.6 Å². The Labute approximate surface area is 122 Å². The van der Waals surface area contributed by atoms with Crippen LogP contribution in [0.1, 0.15) is 26.7 Å². The van der Waals surface area contributed by atoms with Crippen LogP contribution >= 0.6 is 11.6 Å². The highest BCUT2D eigenvalue weighted by molar-refractivity contribution is 6.32. The zero-order valence-electron chi connectivity index (χ0n) is 11.5. The van der Waals surface area contributed by atoms with Gasteiger partial charge in [0, 0.05) is 6.54 Å². The Morgan fingerprint density at radius 1 is 1.55 bits per heavy atom. The van der Waals surface area contributed by atoms with Gasteiger partial charge in [-0.2, -0.15) is 0 Å². The van der Waals surface area contributed by atoms with E-state index in [1.807, 2.05) is 6.92 Å². The van der Waals surface area contributed by atoms with Crippen LogP contribution in [0.4, 0.5) is 4.39 Å². The Bertz CT molecular complexity index is 456. The minimum atomic E-state index is -0.785. The Morgan fingerprint density at radius 2 is 2.25 bits per heavy atom. The van der Waals surface area contributed by atoms with Gasteiger partial charge in [0.2, 0.25) is 0 Å². The first-order valence-electron chi connectivity index (χ1n) is 6.51. The predicted octanol–water partition coefficient (Wildman–Crippen LogP) is 2.52. The van der Waals surface area contributed by atoms with Crippen molar-refractivity contribution in [3.05, 3.63) is 29.0 Å². The molecule has 0 aliphatic rings. The van der Waals surface area contributed by atoms with E-state index < -0.39 is 18.0 Å². The third-order valence-corrected chi connectivity index (χ3v) is 3.00. The molecule has 0 saturated carbocycles. The molecule has 0 aliphatic carbocycles. The van der Waals surface area contributed by atoms with Crippen LogP contribution < -0.4 is 10.1 Å². The smallest absolute Gasteiger partial charge is 0.260 e. The lowest BCUT2D eigenvalue weighted by atomic mass is 10.2. The van der Waals surface area contributed by atoms with Crippen LogP contribution in [0.25, 0.3) is 0 Å². The van der Waals surface area contributed by atoms with E-state index in [1.54, 1.807) is 6.92 Å². The summed E-state index contributed by atoms with van der Waals surface area (Å²) in [6.45, 7) is 3.69. The van der Waals surface area contributed by atoms with Gasteiger partial charge in [-0.3, -0.25) is 4.79 Å². The van der Waals surface area contributed by atoms with Crippen molar-refractivity contribution in [3.8, 4) is 5.75 Å². The molecular formula is C14H19ClFNO3. The Balaban J connectivity index is 2.49. The van der Waals surface area contributed by atoms with Crippen molar-refractivity contribution in [1.29, 1.82) is 0 Å². The second kappa shape index (κ2) is 8.07. The molecule has 2 unspecified atom stereocenters. The van der Waals surface area contributed by atoms with E-state index in [2.05, 4.69) is 5.32 Å². The number of nitrogens with one attached hydrogen (secondary N) is 1. The van der Waals surface area contributed by atoms with Gasteiger partial charge in [-0.05, 0) is 31.5 Å². The summed E-state index contributed by atoms with van der Waals surface area (Å²) < 4.78 is 18.2. The van der Waals surface area contributed by atoms with E-state index in [4.69, 9.17) is 16.3 Å². The number of amides is 1. The topological polar surface area (TPSA) is 58.6 Å². The van der Waals surface area contributed by atoms with Crippen molar-refractivity contribution in [2.24, 2.45) is 0 Å². The summed E-state index contributed by atoms with van der Waals surface area (Å²) in [4.78, 5) is 11.8. The number of halogens is 2. The van der Waals surface area contributed by atoms with Gasteiger partial charge in [0.05, 0.1) is 11.1 Å². The Hall–Kier alpha value is -1.33. The normalized spacial score (nSPS) is 13.7. The molecule has 0 fully saturated rings. The summed E-state index contributed by atoms with van der Waals surface area (Å²) in [5.74, 6) is -0.590. The van der Waals surface area contributed by atoms with Crippen molar-refractivity contribution >= 4 is 17.5 Å². The quantitative estimate of drug-likeness (QED) is 0.814. The summed E-state index contributed by atoms with van der Waals surface area (Å²) in [5, 5.41) is 12.2. The molecule has 4 nitrogen and oxygen atoms in total. The molecule has 0 aliphatic heterocycles. The van der Waals surface area contributed by atoms with Crippen molar-refractivity contribution in [1.82, 2.24) is 5.32 Å². The molecule has 1 rings (SSSR count). The highest BCUT2D eigenvalue weighted by Gasteiger charge is 2.17. The van der Waals surface area contributed by atoms with Gasteiger partial charge >= 0.3 is 0 Å². The molecule has 0 bridgehead atoms. The minimum Gasteiger partial charge on any atom is -0.479 e. The van der Waals surface area contributed by atoms with Crippen LogP contribution in [0, 0.1) is 5.82 Å². The average molecular weight is 304 g/mol. The summed E-state index contributed by atoms with van der Waals surface area (Å²) in [6.07, 6.45) is 0.116. The zero-order chi connectivity index (χ0) is 15.1. The second-order valence-electron chi connectivity index (χ2n) is 4.52. The molecule has 0 heterocycles. The van der Waals surface area contributed by atoms with E-state index in [1.165, 1.54) is 12.1 Å². The fourth-order valence-electron chi connectivity index (χ4n) is 1.61. The Morgan fingerprint density at radius 3 is 2.85 bits per heavy atom. The second-order valence-corrected chi connectivity index (χ2v) is 4.93. The molecule has 0 aromatic heterocycles. The van der Waals surface area contributed by atoms with Crippen LogP contribution in [0.5, 0.6) is 5.75 Å². The summed E-state index contributed by atoms with van der Waals surface area (Å²) in [6, 6.07) is 3.69. The van der Waals surface area contributed by atoms with E-state index >= 15 is 0 Å². The standard InChI is InChI=1S/C14H19ClFNO3/c1-3-4-11(18)8-17-14(19)9(2)20-13-6-5-10(16)7-12(13)15/h5-7,9,11,18H,3-4,8H2,1-2H3,(H,17,19). The first kappa shape index (κ1) is 16.7. The summed E-state index contributed by atoms with van der Waals surface area (Å²) in [7, 11) is 0. The third-order valence-electron chi connectivity index (χ3n) is 2.70. The molecule has 6 heteroatoms. The number of rotatable bonds is 7. The molecular weight excluding hydrogens is 285 g/mol. The Kier molecular flexibility index (Phi) is 6.75. The minimum absolute atomic E-state index is 0.107. The van der Waals surface area contributed by atoms with E-state index in [9.17, 15) is 14.3 Å². The maximum atomic E-state index is 12.9. The maximum Gasteiger partial charge on any atom is 0.260 e. The molecule has 0 saturated heterocycles. The number of ether oxygens (including phenoxy) is 1. The molecule has 112 valence electrons. The number of aliphatic hydroxyl groups excluding tert-OH is 1. The van der Waals surface area contributed by atoms with Gasteiger partial charge in [0.25, 0.3) is 5.91 Å². The van der Waals surface area contributed by atoms with Crippen LogP contribution in [0.15, 0.2) is 18.2 Å². The molecule has 0 spiro atoms. The highest BCUT2D eigenvalue weighted by atomic mass is 35.5. The summed E-state index contributed by atoms with van der Waals surface area (Å²) in [5.41, 5.74) is 0. The van der Waals surface area contributed by atoms with Crippen LogP contribution in [-0.4, -0.2) is 29.8 Å². The van der Waals surface area contributed by atoms with Crippen LogP contribution in [-0.2, 0) is 4.79 Å². The number of hydrogen-bond donors (Lipinski definition) is 2. The fourth-order valence-corrected chi connectivity index (χ4v) is 1.82. The molecule has 20 heavy (non-hydrogen) atoms. The molecule has 1 amide bonds. The van der Waals surface area contributed by atoms with Gasteiger partial charge in [-0.15, -0.1) is 0 Å². The maximum absolute atomic E-state index is 12.9. The summed E-state index contributed by atoms with van der Waals surface area (Å²) >= 11 is 5.81. The van der Waals surface area contributed by atoms with Gasteiger partial charge in [-0.25, -0.2) is 4.39 Å². The van der Waals surface area contributed by atoms with Crippen molar-refractivity contribution in [3.63, 3.8) is 0 Å². The molecule has 1 aromatic carbocycles. The lowest BCUT2D eigenvalue weighted by molar-refractivity contribution is -0.127.